The van der Waals surface area contributed by atoms with Crippen molar-refractivity contribution in [2.24, 2.45) is 0 Å². The van der Waals surface area contributed by atoms with Gasteiger partial charge >= 0.3 is 0 Å². The molecule has 0 saturated heterocycles. The molecule has 1 N–H and O–H groups in total. The topological polar surface area (TPSA) is 63.3 Å². The maximum absolute atomic E-state index is 12.6. The zero-order valence-electron chi connectivity index (χ0n) is 11.4. The second kappa shape index (κ2) is 5.56. The lowest BCUT2D eigenvalue weighted by atomic mass is 10.2. The first kappa shape index (κ1) is 14.6. The summed E-state index contributed by atoms with van der Waals surface area (Å²) in [5, 5.41) is 11.4. The van der Waals surface area contributed by atoms with E-state index >= 15 is 0 Å². The first-order chi connectivity index (χ1) is 11.1. The predicted molar refractivity (Wildman–Crippen MR) is 92.9 cm³/mol. The largest absolute Gasteiger partial charge is 0.499 e. The zero-order valence-corrected chi connectivity index (χ0v) is 13.8. The quantitative estimate of drug-likeness (QED) is 0.549. The van der Waals surface area contributed by atoms with Crippen LogP contribution in [0.25, 0.3) is 21.2 Å². The summed E-state index contributed by atoms with van der Waals surface area (Å²) >= 11 is 8.10. The highest BCUT2D eigenvalue weighted by atomic mass is 35.5. The number of rotatable bonds is 2. The summed E-state index contributed by atoms with van der Waals surface area (Å²) < 4.78 is 6.28. The molecule has 4 nitrogen and oxygen atoms in total. The number of oxazole rings is 1. The van der Waals surface area contributed by atoms with Gasteiger partial charge in [-0.1, -0.05) is 35.1 Å². The van der Waals surface area contributed by atoms with Crippen LogP contribution >= 0.6 is 34.7 Å². The standard InChI is InChI=1S/C16H8ClNO3S2/c17-8-5-6-12-9(7-8)13(19)14(15(20)22-12)23-16-18-10-3-1-2-4-11(10)21-16/h1-7,20H. The number of fused-ring (bicyclic) bond motifs is 2. The molecule has 0 bridgehead atoms. The number of para-hydroxylation sites is 2. The number of aromatic hydroxyl groups is 1. The van der Waals surface area contributed by atoms with Gasteiger partial charge in [-0.05, 0) is 42.1 Å². The second-order valence-corrected chi connectivity index (χ2v) is 7.18. The van der Waals surface area contributed by atoms with Gasteiger partial charge in [0, 0.05) is 15.1 Å². The van der Waals surface area contributed by atoms with Crippen LogP contribution < -0.4 is 5.43 Å². The summed E-state index contributed by atoms with van der Waals surface area (Å²) in [5.41, 5.74) is 1.05. The van der Waals surface area contributed by atoms with Crippen LogP contribution in [0.15, 0.2) is 61.8 Å². The molecular weight excluding hydrogens is 354 g/mol. The van der Waals surface area contributed by atoms with Crippen LogP contribution in [0.5, 0.6) is 5.06 Å². The molecule has 0 unspecified atom stereocenters. The van der Waals surface area contributed by atoms with Gasteiger partial charge in [-0.3, -0.25) is 4.79 Å². The third kappa shape index (κ3) is 2.59. The van der Waals surface area contributed by atoms with E-state index in [0.29, 0.717) is 31.4 Å². The average molecular weight is 362 g/mol. The summed E-state index contributed by atoms with van der Waals surface area (Å²) in [5.74, 6) is 0. The van der Waals surface area contributed by atoms with Crippen LogP contribution in [0.2, 0.25) is 5.02 Å². The maximum Gasteiger partial charge on any atom is 0.261 e. The van der Waals surface area contributed by atoms with E-state index in [0.717, 1.165) is 23.1 Å². The SMILES string of the molecule is O=c1c(Sc2nc3ccccc3o2)c(O)sc2ccc(Cl)cc12. The lowest BCUT2D eigenvalue weighted by Crippen LogP contribution is -2.03. The fraction of sp³-hybridized carbons (Fsp3) is 0. The number of benzene rings is 2. The minimum Gasteiger partial charge on any atom is -0.499 e. The van der Waals surface area contributed by atoms with Crippen LogP contribution in [0.3, 0.4) is 0 Å². The monoisotopic (exact) mass is 361 g/mol. The van der Waals surface area contributed by atoms with E-state index in [1.807, 2.05) is 18.2 Å². The molecule has 4 rings (SSSR count). The number of hydrogen-bond donors (Lipinski definition) is 1. The van der Waals surface area contributed by atoms with Gasteiger partial charge in [0.25, 0.3) is 5.22 Å². The minimum atomic E-state index is -0.286. The van der Waals surface area contributed by atoms with Crippen molar-refractivity contribution in [2.45, 2.75) is 10.1 Å². The lowest BCUT2D eigenvalue weighted by Gasteiger charge is -2.03. The molecule has 23 heavy (non-hydrogen) atoms. The van der Waals surface area contributed by atoms with Gasteiger partial charge in [0.2, 0.25) is 5.43 Å². The number of halogens is 1. The average Bonchev–Trinajstić information content (AvgIpc) is 2.95. The zero-order chi connectivity index (χ0) is 16.0. The van der Waals surface area contributed by atoms with Gasteiger partial charge in [-0.15, -0.1) is 0 Å². The molecule has 2 heterocycles. The Morgan fingerprint density at radius 2 is 2.04 bits per heavy atom. The fourth-order valence-corrected chi connectivity index (χ4v) is 4.16. The minimum absolute atomic E-state index is 0.0583. The molecular formula is C16H8ClNO3S2. The van der Waals surface area contributed by atoms with Gasteiger partial charge in [-0.2, -0.15) is 0 Å². The van der Waals surface area contributed by atoms with Crippen LogP contribution in [0, 0.1) is 0 Å². The molecule has 0 spiro atoms. The van der Waals surface area contributed by atoms with Crippen LogP contribution in [0.4, 0.5) is 0 Å². The molecule has 0 fully saturated rings. The Hall–Kier alpha value is -2.02. The summed E-state index contributed by atoms with van der Waals surface area (Å²) in [7, 11) is 0. The van der Waals surface area contributed by atoms with Gasteiger partial charge in [0.05, 0.1) is 0 Å². The number of nitrogens with zero attached hydrogens (tertiary/aromatic N) is 1. The smallest absolute Gasteiger partial charge is 0.261 e. The molecule has 4 aromatic rings. The third-order valence-corrected chi connectivity index (χ3v) is 5.53. The Morgan fingerprint density at radius 3 is 2.87 bits per heavy atom. The van der Waals surface area contributed by atoms with Crippen molar-refractivity contribution in [3.63, 3.8) is 0 Å². The first-order valence-electron chi connectivity index (χ1n) is 6.60. The molecule has 7 heteroatoms. The molecule has 0 saturated carbocycles. The van der Waals surface area contributed by atoms with E-state index in [1.54, 1.807) is 24.3 Å². The second-order valence-electron chi connectivity index (χ2n) is 4.76. The van der Waals surface area contributed by atoms with Crippen molar-refractivity contribution in [1.82, 2.24) is 4.98 Å². The Bertz CT molecular complexity index is 1070. The summed E-state index contributed by atoms with van der Waals surface area (Å²) in [6.45, 7) is 0. The number of hydrogen-bond acceptors (Lipinski definition) is 6. The van der Waals surface area contributed by atoms with Gasteiger partial charge in [0.15, 0.2) is 10.6 Å². The van der Waals surface area contributed by atoms with Crippen molar-refractivity contribution in [2.75, 3.05) is 0 Å². The molecule has 0 atom stereocenters. The van der Waals surface area contributed by atoms with E-state index in [9.17, 15) is 9.90 Å². The Kier molecular flexibility index (Phi) is 3.52. The van der Waals surface area contributed by atoms with Crippen molar-refractivity contribution in [1.29, 1.82) is 0 Å². The Morgan fingerprint density at radius 1 is 1.22 bits per heavy atom. The predicted octanol–water partition coefficient (Wildman–Crippen LogP) is 4.91. The molecule has 0 aliphatic rings. The van der Waals surface area contributed by atoms with E-state index in [1.165, 1.54) is 0 Å². The van der Waals surface area contributed by atoms with Gasteiger partial charge in [0.1, 0.15) is 10.4 Å². The van der Waals surface area contributed by atoms with Crippen molar-refractivity contribution in [3.05, 3.63) is 57.7 Å². The van der Waals surface area contributed by atoms with Crippen molar-refractivity contribution in [3.8, 4) is 5.06 Å². The van der Waals surface area contributed by atoms with E-state index < -0.39 is 0 Å². The van der Waals surface area contributed by atoms with Crippen molar-refractivity contribution >= 4 is 55.9 Å². The molecule has 2 aromatic carbocycles. The van der Waals surface area contributed by atoms with E-state index in [-0.39, 0.29) is 15.4 Å². The summed E-state index contributed by atoms with van der Waals surface area (Å²) in [6, 6.07) is 12.3. The highest BCUT2D eigenvalue weighted by molar-refractivity contribution is 7.99. The highest BCUT2D eigenvalue weighted by Gasteiger charge is 2.17. The maximum atomic E-state index is 12.6. The highest BCUT2D eigenvalue weighted by Crippen LogP contribution is 2.38. The Balaban J connectivity index is 1.86. The van der Waals surface area contributed by atoms with Crippen LogP contribution in [-0.2, 0) is 0 Å². The van der Waals surface area contributed by atoms with E-state index in [4.69, 9.17) is 16.0 Å². The van der Waals surface area contributed by atoms with Crippen LogP contribution in [0.1, 0.15) is 0 Å². The molecule has 0 aliphatic carbocycles. The van der Waals surface area contributed by atoms with Gasteiger partial charge in [-0.25, -0.2) is 4.98 Å². The summed E-state index contributed by atoms with van der Waals surface area (Å²) in [6.07, 6.45) is 0. The first-order valence-corrected chi connectivity index (χ1v) is 8.62. The normalized spacial score (nSPS) is 11.3. The molecule has 0 amide bonds. The number of aromatic nitrogens is 1. The molecule has 114 valence electrons. The fourth-order valence-electron chi connectivity index (χ4n) is 2.21. The third-order valence-electron chi connectivity index (χ3n) is 3.26. The molecule has 0 aliphatic heterocycles. The van der Waals surface area contributed by atoms with Crippen LogP contribution in [-0.4, -0.2) is 10.1 Å². The van der Waals surface area contributed by atoms with Gasteiger partial charge < -0.3 is 9.52 Å². The summed E-state index contributed by atoms with van der Waals surface area (Å²) in [4.78, 5) is 17.1. The lowest BCUT2D eigenvalue weighted by molar-refractivity contribution is 0.472. The van der Waals surface area contributed by atoms with E-state index in [2.05, 4.69) is 4.98 Å². The Labute approximate surface area is 143 Å². The molecule has 2 aromatic heterocycles. The van der Waals surface area contributed by atoms with Crippen molar-refractivity contribution < 1.29 is 9.52 Å². The molecule has 0 radical (unpaired) electrons.